The lowest BCUT2D eigenvalue weighted by molar-refractivity contribution is 0.631. The minimum atomic E-state index is -0.230. The average Bonchev–Trinajstić information content (AvgIpc) is 2.30. The Kier molecular flexibility index (Phi) is 2.79. The highest BCUT2D eigenvalue weighted by Gasteiger charge is 2.07. The lowest BCUT2D eigenvalue weighted by atomic mass is 9.99. The van der Waals surface area contributed by atoms with E-state index < -0.39 is 0 Å². The molecule has 0 saturated heterocycles. The Morgan fingerprint density at radius 1 is 1.07 bits per heavy atom. The second-order valence-electron chi connectivity index (χ2n) is 3.25. The van der Waals surface area contributed by atoms with Crippen LogP contribution in [-0.2, 0) is 6.54 Å². The Labute approximate surface area is 88.4 Å². The molecule has 2 rings (SSSR count). The van der Waals surface area contributed by atoms with Crippen molar-refractivity contribution in [2.75, 3.05) is 0 Å². The molecule has 0 aromatic heterocycles. The molecule has 0 heterocycles. The van der Waals surface area contributed by atoms with Gasteiger partial charge in [0.15, 0.2) is 0 Å². The van der Waals surface area contributed by atoms with E-state index in [9.17, 15) is 4.39 Å². The summed E-state index contributed by atoms with van der Waals surface area (Å²) in [7, 11) is 0. The first-order valence-corrected chi connectivity index (χ1v) is 4.77. The molecule has 0 spiro atoms. The zero-order chi connectivity index (χ0) is 10.7. The summed E-state index contributed by atoms with van der Waals surface area (Å²) in [6, 6.07) is 15.2. The topological polar surface area (TPSA) is 26.0 Å². The lowest BCUT2D eigenvalue weighted by Crippen LogP contribution is -1.99. The molecular formula is C13H11FN. The largest absolute Gasteiger partial charge is 0.326 e. The Morgan fingerprint density at radius 3 is 2.53 bits per heavy atom. The van der Waals surface area contributed by atoms with Gasteiger partial charge in [-0.2, -0.15) is 0 Å². The van der Waals surface area contributed by atoms with E-state index >= 15 is 0 Å². The first-order valence-electron chi connectivity index (χ1n) is 4.77. The van der Waals surface area contributed by atoms with Crippen LogP contribution in [0.3, 0.4) is 0 Å². The molecule has 75 valence electrons. The molecule has 2 aromatic carbocycles. The van der Waals surface area contributed by atoms with Gasteiger partial charge in [0.2, 0.25) is 0 Å². The van der Waals surface area contributed by atoms with Gasteiger partial charge in [-0.15, -0.1) is 0 Å². The van der Waals surface area contributed by atoms with Crippen LogP contribution in [0.1, 0.15) is 5.56 Å². The molecule has 2 heteroatoms. The summed E-state index contributed by atoms with van der Waals surface area (Å²) >= 11 is 0. The maximum absolute atomic E-state index is 13.5. The third-order valence-electron chi connectivity index (χ3n) is 2.31. The Morgan fingerprint density at radius 2 is 1.80 bits per heavy atom. The highest BCUT2D eigenvalue weighted by Crippen LogP contribution is 2.25. The van der Waals surface area contributed by atoms with Crippen LogP contribution >= 0.6 is 0 Å². The molecule has 0 fully saturated rings. The predicted molar refractivity (Wildman–Crippen MR) is 58.6 cm³/mol. The molecule has 0 atom stereocenters. The second kappa shape index (κ2) is 4.24. The smallest absolute Gasteiger partial charge is 0.131 e. The summed E-state index contributed by atoms with van der Waals surface area (Å²) in [5.41, 5.74) is 7.82. The summed E-state index contributed by atoms with van der Waals surface area (Å²) in [4.78, 5) is 0. The van der Waals surface area contributed by atoms with E-state index in [-0.39, 0.29) is 5.82 Å². The van der Waals surface area contributed by atoms with Crippen LogP contribution in [0.15, 0.2) is 42.5 Å². The van der Waals surface area contributed by atoms with E-state index in [0.29, 0.717) is 12.1 Å². The van der Waals surface area contributed by atoms with E-state index in [1.807, 2.05) is 18.2 Å². The molecule has 1 radical (unpaired) electrons. The standard InChI is InChI=1S/C13H11FN/c14-13-8-4-3-7-12(13)11-6-2-1-5-10(11)9-15/h1-4,6-8H,9,15H2. The number of rotatable bonds is 2. The van der Waals surface area contributed by atoms with Crippen molar-refractivity contribution in [1.82, 2.24) is 0 Å². The average molecular weight is 200 g/mol. The van der Waals surface area contributed by atoms with Gasteiger partial charge in [-0.25, -0.2) is 4.39 Å². The molecule has 0 amide bonds. The molecule has 0 saturated carbocycles. The molecule has 2 N–H and O–H groups in total. The molecule has 0 aliphatic rings. The van der Waals surface area contributed by atoms with E-state index in [1.165, 1.54) is 6.07 Å². The normalized spacial score (nSPS) is 10.3. The summed E-state index contributed by atoms with van der Waals surface area (Å²) in [5.74, 6) is -0.230. The minimum Gasteiger partial charge on any atom is -0.326 e. The molecule has 0 aliphatic heterocycles. The van der Waals surface area contributed by atoms with Crippen molar-refractivity contribution >= 4 is 0 Å². The monoisotopic (exact) mass is 200 g/mol. The van der Waals surface area contributed by atoms with Gasteiger partial charge >= 0.3 is 0 Å². The van der Waals surface area contributed by atoms with Crippen molar-refractivity contribution in [3.8, 4) is 11.1 Å². The molecule has 0 aliphatic carbocycles. The van der Waals surface area contributed by atoms with Gasteiger partial charge in [0.05, 0.1) is 0 Å². The fourth-order valence-corrected chi connectivity index (χ4v) is 1.57. The van der Waals surface area contributed by atoms with Crippen molar-refractivity contribution in [3.63, 3.8) is 0 Å². The number of hydrogen-bond donors (Lipinski definition) is 1. The second-order valence-corrected chi connectivity index (χ2v) is 3.25. The van der Waals surface area contributed by atoms with Crippen LogP contribution in [0.5, 0.6) is 0 Å². The number of benzene rings is 2. The van der Waals surface area contributed by atoms with Crippen molar-refractivity contribution in [3.05, 3.63) is 59.9 Å². The first kappa shape index (κ1) is 9.87. The number of nitrogens with two attached hydrogens (primary N) is 1. The van der Waals surface area contributed by atoms with Gasteiger partial charge in [0.1, 0.15) is 5.82 Å². The summed E-state index contributed by atoms with van der Waals surface area (Å²) < 4.78 is 13.5. The van der Waals surface area contributed by atoms with Crippen LogP contribution < -0.4 is 5.73 Å². The van der Waals surface area contributed by atoms with Crippen LogP contribution in [0.25, 0.3) is 11.1 Å². The highest BCUT2D eigenvalue weighted by atomic mass is 19.1. The van der Waals surface area contributed by atoms with E-state index in [2.05, 4.69) is 6.07 Å². The maximum atomic E-state index is 13.5. The minimum absolute atomic E-state index is 0.230. The maximum Gasteiger partial charge on any atom is 0.131 e. The van der Waals surface area contributed by atoms with E-state index in [0.717, 1.165) is 11.1 Å². The van der Waals surface area contributed by atoms with Crippen molar-refractivity contribution in [2.45, 2.75) is 6.54 Å². The fraction of sp³-hybridized carbons (Fsp3) is 0.0769. The first-order chi connectivity index (χ1) is 7.33. The quantitative estimate of drug-likeness (QED) is 0.792. The SMILES string of the molecule is NCc1[c]cccc1-c1ccccc1F. The van der Waals surface area contributed by atoms with Gasteiger partial charge in [0.25, 0.3) is 0 Å². The van der Waals surface area contributed by atoms with Crippen molar-refractivity contribution < 1.29 is 4.39 Å². The molecule has 1 nitrogen and oxygen atoms in total. The lowest BCUT2D eigenvalue weighted by Gasteiger charge is -2.07. The number of hydrogen-bond acceptors (Lipinski definition) is 1. The van der Waals surface area contributed by atoms with Gasteiger partial charge in [-0.1, -0.05) is 36.4 Å². The predicted octanol–water partition coefficient (Wildman–Crippen LogP) is 2.75. The van der Waals surface area contributed by atoms with E-state index in [4.69, 9.17) is 5.73 Å². The van der Waals surface area contributed by atoms with Gasteiger partial charge < -0.3 is 5.73 Å². The van der Waals surface area contributed by atoms with Gasteiger partial charge in [0, 0.05) is 12.1 Å². The van der Waals surface area contributed by atoms with Crippen molar-refractivity contribution in [2.24, 2.45) is 5.73 Å². The Hall–Kier alpha value is -1.67. The Balaban J connectivity index is 2.59. The summed E-state index contributed by atoms with van der Waals surface area (Å²) in [5, 5.41) is 0. The highest BCUT2D eigenvalue weighted by molar-refractivity contribution is 5.67. The summed E-state index contributed by atoms with van der Waals surface area (Å²) in [6.45, 7) is 0.366. The molecular weight excluding hydrogens is 189 g/mol. The third-order valence-corrected chi connectivity index (χ3v) is 2.31. The fourth-order valence-electron chi connectivity index (χ4n) is 1.57. The molecule has 2 aromatic rings. The van der Waals surface area contributed by atoms with Gasteiger partial charge in [-0.05, 0) is 23.3 Å². The van der Waals surface area contributed by atoms with Gasteiger partial charge in [-0.3, -0.25) is 0 Å². The third kappa shape index (κ3) is 1.90. The van der Waals surface area contributed by atoms with Crippen molar-refractivity contribution in [1.29, 1.82) is 0 Å². The van der Waals surface area contributed by atoms with E-state index in [1.54, 1.807) is 18.2 Å². The zero-order valence-corrected chi connectivity index (χ0v) is 8.20. The molecule has 15 heavy (non-hydrogen) atoms. The zero-order valence-electron chi connectivity index (χ0n) is 8.20. The molecule has 0 bridgehead atoms. The van der Waals surface area contributed by atoms with Crippen LogP contribution in [-0.4, -0.2) is 0 Å². The molecule has 0 unspecified atom stereocenters. The van der Waals surface area contributed by atoms with Crippen LogP contribution in [0.2, 0.25) is 0 Å². The summed E-state index contributed by atoms with van der Waals surface area (Å²) in [6.07, 6.45) is 0. The Bertz CT molecular complexity index is 466. The van der Waals surface area contributed by atoms with Crippen LogP contribution in [0, 0.1) is 11.9 Å². The van der Waals surface area contributed by atoms with Crippen LogP contribution in [0.4, 0.5) is 4.39 Å². The number of halogens is 1.